The van der Waals surface area contributed by atoms with Gasteiger partial charge in [0.1, 0.15) is 11.4 Å². The molecule has 33 heavy (non-hydrogen) atoms. The maximum atomic E-state index is 13.1. The molecule has 0 bridgehead atoms. The molecule has 0 aliphatic heterocycles. The summed E-state index contributed by atoms with van der Waals surface area (Å²) in [6.45, 7) is 1.72. The van der Waals surface area contributed by atoms with E-state index in [1.165, 1.54) is 12.1 Å². The van der Waals surface area contributed by atoms with Crippen LogP contribution in [0.4, 0.5) is 11.4 Å². The number of aryl methyl sites for hydroxylation is 2. The molecule has 1 unspecified atom stereocenters. The molecule has 0 saturated heterocycles. The number of benzene rings is 3. The van der Waals surface area contributed by atoms with Gasteiger partial charge in [-0.1, -0.05) is 54.6 Å². The highest BCUT2D eigenvalue weighted by molar-refractivity contribution is 5.97. The molecule has 3 aromatic carbocycles. The van der Waals surface area contributed by atoms with Crippen molar-refractivity contribution in [1.29, 1.82) is 0 Å². The third-order valence-corrected chi connectivity index (χ3v) is 4.99. The van der Waals surface area contributed by atoms with Gasteiger partial charge in [0.2, 0.25) is 6.10 Å². The second-order valence-electron chi connectivity index (χ2n) is 7.36. The Balaban J connectivity index is 1.77. The molecule has 8 heteroatoms. The number of carbonyl (C=O) groups excluding carboxylic acids is 2. The summed E-state index contributed by atoms with van der Waals surface area (Å²) < 4.78 is 10.8. The van der Waals surface area contributed by atoms with E-state index >= 15 is 0 Å². The molecule has 0 aliphatic rings. The molecule has 0 aliphatic carbocycles. The monoisotopic (exact) mass is 448 g/mol. The second-order valence-corrected chi connectivity index (χ2v) is 7.36. The fourth-order valence-electron chi connectivity index (χ4n) is 3.33. The Morgan fingerprint density at radius 2 is 1.73 bits per heavy atom. The molecule has 3 aromatic rings. The fourth-order valence-corrected chi connectivity index (χ4v) is 3.33. The maximum absolute atomic E-state index is 13.1. The second kappa shape index (κ2) is 10.9. The molecule has 1 amide bonds. The van der Waals surface area contributed by atoms with Crippen LogP contribution in [0.5, 0.6) is 5.75 Å². The van der Waals surface area contributed by atoms with E-state index in [4.69, 9.17) is 9.47 Å². The van der Waals surface area contributed by atoms with Crippen LogP contribution in [-0.2, 0) is 20.7 Å². The van der Waals surface area contributed by atoms with Crippen LogP contribution < -0.4 is 10.1 Å². The van der Waals surface area contributed by atoms with E-state index in [1.807, 2.05) is 18.2 Å². The van der Waals surface area contributed by atoms with Crippen LogP contribution in [0.25, 0.3) is 0 Å². The van der Waals surface area contributed by atoms with Crippen LogP contribution in [0.15, 0.2) is 72.8 Å². The van der Waals surface area contributed by atoms with Crippen molar-refractivity contribution in [1.82, 2.24) is 0 Å². The maximum Gasteiger partial charge on any atom is 0.307 e. The summed E-state index contributed by atoms with van der Waals surface area (Å²) >= 11 is 0. The number of hydrogen-bond donors (Lipinski definition) is 1. The summed E-state index contributed by atoms with van der Waals surface area (Å²) in [4.78, 5) is 36.5. The van der Waals surface area contributed by atoms with Crippen molar-refractivity contribution in [2.75, 3.05) is 12.4 Å². The Bertz CT molecular complexity index is 1150. The van der Waals surface area contributed by atoms with Crippen LogP contribution in [-0.4, -0.2) is 23.9 Å². The van der Waals surface area contributed by atoms with Crippen LogP contribution >= 0.6 is 0 Å². The van der Waals surface area contributed by atoms with E-state index in [0.29, 0.717) is 23.3 Å². The molecule has 170 valence electrons. The number of nitrogens with one attached hydrogen (secondary N) is 1. The van der Waals surface area contributed by atoms with Gasteiger partial charge in [-0.3, -0.25) is 19.7 Å². The molecule has 0 radical (unpaired) electrons. The minimum absolute atomic E-state index is 0.0293. The zero-order valence-electron chi connectivity index (χ0n) is 18.3. The topological polar surface area (TPSA) is 108 Å². The zero-order valence-corrected chi connectivity index (χ0v) is 18.3. The first-order valence-electron chi connectivity index (χ1n) is 10.3. The summed E-state index contributed by atoms with van der Waals surface area (Å²) in [5.74, 6) is -0.601. The average Bonchev–Trinajstić information content (AvgIpc) is 2.82. The van der Waals surface area contributed by atoms with Gasteiger partial charge in [0.15, 0.2) is 0 Å². The molecule has 3 rings (SSSR count). The lowest BCUT2D eigenvalue weighted by Gasteiger charge is -2.18. The molecule has 0 saturated carbocycles. The Labute approximate surface area is 191 Å². The van der Waals surface area contributed by atoms with Crippen LogP contribution in [0.1, 0.15) is 29.2 Å². The van der Waals surface area contributed by atoms with Gasteiger partial charge in [-0.2, -0.15) is 0 Å². The summed E-state index contributed by atoms with van der Waals surface area (Å²) in [6.07, 6.45) is -0.867. The SMILES string of the molecule is COc1ccccc1CCC(=O)OC(C(=O)Nc1ccc(C)cc1[N+](=O)[O-])c1ccccc1. The van der Waals surface area contributed by atoms with Gasteiger partial charge >= 0.3 is 5.97 Å². The van der Waals surface area contributed by atoms with E-state index < -0.39 is 22.9 Å². The Morgan fingerprint density at radius 1 is 1.03 bits per heavy atom. The molecule has 1 N–H and O–H groups in total. The molecule has 0 fully saturated rings. The van der Waals surface area contributed by atoms with Gasteiger partial charge in [0.25, 0.3) is 11.6 Å². The van der Waals surface area contributed by atoms with Crippen molar-refractivity contribution in [3.63, 3.8) is 0 Å². The van der Waals surface area contributed by atoms with Crippen LogP contribution in [0, 0.1) is 17.0 Å². The molecular formula is C25H24N2O6. The number of hydrogen-bond acceptors (Lipinski definition) is 6. The number of nitrogens with zero attached hydrogens (tertiary/aromatic N) is 1. The third kappa shape index (κ3) is 6.16. The lowest BCUT2D eigenvalue weighted by molar-refractivity contribution is -0.384. The van der Waals surface area contributed by atoms with Gasteiger partial charge < -0.3 is 14.8 Å². The minimum atomic E-state index is -1.27. The molecule has 0 heterocycles. The first kappa shape index (κ1) is 23.5. The third-order valence-electron chi connectivity index (χ3n) is 4.99. The zero-order chi connectivity index (χ0) is 23.8. The van der Waals surface area contributed by atoms with Crippen molar-refractivity contribution < 1.29 is 24.0 Å². The van der Waals surface area contributed by atoms with Gasteiger partial charge in [0, 0.05) is 18.1 Å². The average molecular weight is 448 g/mol. The Morgan fingerprint density at radius 3 is 2.42 bits per heavy atom. The summed E-state index contributed by atoms with van der Waals surface area (Å²) in [6, 6.07) is 20.3. The Hall–Kier alpha value is -4.20. The number of esters is 1. The predicted molar refractivity (Wildman–Crippen MR) is 123 cm³/mol. The van der Waals surface area contributed by atoms with Crippen LogP contribution in [0.3, 0.4) is 0 Å². The number of anilines is 1. The van der Waals surface area contributed by atoms with E-state index in [1.54, 1.807) is 56.5 Å². The fraction of sp³-hybridized carbons (Fsp3) is 0.200. The smallest absolute Gasteiger partial charge is 0.307 e. The highest BCUT2D eigenvalue weighted by Gasteiger charge is 2.27. The van der Waals surface area contributed by atoms with Gasteiger partial charge in [-0.05, 0) is 36.6 Å². The number of para-hydroxylation sites is 1. The lowest BCUT2D eigenvalue weighted by Crippen LogP contribution is -2.26. The standard InChI is InChI=1S/C25H24N2O6/c1-17-12-14-20(21(16-17)27(30)31)26-25(29)24(19-9-4-3-5-10-19)33-23(28)15-13-18-8-6-7-11-22(18)32-2/h3-12,14,16,24H,13,15H2,1-2H3,(H,26,29). The largest absolute Gasteiger partial charge is 0.496 e. The molecular weight excluding hydrogens is 424 g/mol. The molecule has 0 spiro atoms. The number of nitro groups is 1. The van der Waals surface area contributed by atoms with Crippen molar-refractivity contribution >= 4 is 23.3 Å². The van der Waals surface area contributed by atoms with E-state index in [0.717, 1.165) is 5.56 Å². The van der Waals surface area contributed by atoms with Crippen molar-refractivity contribution in [2.45, 2.75) is 25.9 Å². The number of methoxy groups -OCH3 is 1. The van der Waals surface area contributed by atoms with Gasteiger partial charge in [-0.25, -0.2) is 0 Å². The predicted octanol–water partition coefficient (Wildman–Crippen LogP) is 4.77. The van der Waals surface area contributed by atoms with Gasteiger partial charge in [-0.15, -0.1) is 0 Å². The number of amides is 1. The molecule has 1 atom stereocenters. The summed E-state index contributed by atoms with van der Waals surface area (Å²) in [5.41, 5.74) is 1.77. The van der Waals surface area contributed by atoms with Crippen molar-refractivity contribution in [3.8, 4) is 5.75 Å². The normalized spacial score (nSPS) is 11.3. The minimum Gasteiger partial charge on any atom is -0.496 e. The van der Waals surface area contributed by atoms with Gasteiger partial charge in [0.05, 0.1) is 12.0 Å². The first-order chi connectivity index (χ1) is 15.9. The molecule has 8 nitrogen and oxygen atoms in total. The van der Waals surface area contributed by atoms with Crippen LogP contribution in [0.2, 0.25) is 0 Å². The number of nitro benzene ring substituents is 1. The first-order valence-corrected chi connectivity index (χ1v) is 10.3. The highest BCUT2D eigenvalue weighted by Crippen LogP contribution is 2.28. The lowest BCUT2D eigenvalue weighted by atomic mass is 10.1. The van der Waals surface area contributed by atoms with E-state index in [9.17, 15) is 19.7 Å². The summed E-state index contributed by atoms with van der Waals surface area (Å²) in [7, 11) is 1.55. The van der Waals surface area contributed by atoms with E-state index in [2.05, 4.69) is 5.32 Å². The summed E-state index contributed by atoms with van der Waals surface area (Å²) in [5, 5.41) is 13.9. The quantitative estimate of drug-likeness (QED) is 0.287. The van der Waals surface area contributed by atoms with E-state index in [-0.39, 0.29) is 17.8 Å². The van der Waals surface area contributed by atoms with Crippen molar-refractivity contribution in [2.24, 2.45) is 0 Å². The Kier molecular flexibility index (Phi) is 7.75. The number of ether oxygens (including phenoxy) is 2. The number of rotatable bonds is 9. The number of carbonyl (C=O) groups is 2. The van der Waals surface area contributed by atoms with Crippen molar-refractivity contribution in [3.05, 3.63) is 99.6 Å². The highest BCUT2D eigenvalue weighted by atomic mass is 16.6. The molecule has 0 aromatic heterocycles.